The van der Waals surface area contributed by atoms with Gasteiger partial charge in [-0.3, -0.25) is 20.2 Å². The van der Waals surface area contributed by atoms with Crippen LogP contribution >= 0.6 is 0 Å². The maximum Gasteiger partial charge on any atom is 0.328 e. The van der Waals surface area contributed by atoms with E-state index in [4.69, 9.17) is 0 Å². The Morgan fingerprint density at radius 3 is 2.24 bits per heavy atom. The highest BCUT2D eigenvalue weighted by Crippen LogP contribution is 2.29. The van der Waals surface area contributed by atoms with E-state index in [-0.39, 0.29) is 0 Å². The number of allylic oxidation sites excluding steroid dienone is 1. The van der Waals surface area contributed by atoms with Crippen LogP contribution in [0.25, 0.3) is 0 Å². The second-order valence-corrected chi connectivity index (χ2v) is 4.39. The van der Waals surface area contributed by atoms with Crippen molar-refractivity contribution < 1.29 is 14.4 Å². The van der Waals surface area contributed by atoms with Crippen LogP contribution in [0.3, 0.4) is 0 Å². The number of rotatable bonds is 4. The monoisotopic (exact) mass is 238 g/mol. The van der Waals surface area contributed by atoms with Crippen LogP contribution in [0.4, 0.5) is 4.79 Å². The molecule has 0 aromatic heterocycles. The fourth-order valence-corrected chi connectivity index (χ4v) is 1.68. The van der Waals surface area contributed by atoms with E-state index in [1.807, 2.05) is 6.08 Å². The molecule has 94 valence electrons. The van der Waals surface area contributed by atoms with Gasteiger partial charge in [-0.2, -0.15) is 0 Å². The van der Waals surface area contributed by atoms with E-state index in [1.54, 1.807) is 6.92 Å². The van der Waals surface area contributed by atoms with E-state index in [2.05, 4.69) is 17.6 Å². The molecule has 0 unspecified atom stereocenters. The zero-order valence-electron chi connectivity index (χ0n) is 10.4. The first-order valence-electron chi connectivity index (χ1n) is 5.77. The number of hydrogen-bond acceptors (Lipinski definition) is 3. The highest BCUT2D eigenvalue weighted by Gasteiger charge is 2.47. The van der Waals surface area contributed by atoms with Gasteiger partial charge in [0.2, 0.25) is 11.8 Å². The van der Waals surface area contributed by atoms with Crippen LogP contribution < -0.4 is 10.6 Å². The summed E-state index contributed by atoms with van der Waals surface area (Å²) in [6.45, 7) is 5.34. The van der Waals surface area contributed by atoms with Crippen molar-refractivity contribution in [2.45, 2.75) is 40.0 Å². The molecule has 0 aromatic rings. The smallest absolute Gasteiger partial charge is 0.277 e. The SMILES string of the molecule is CCCC/C=C(\C)C1(C)C(=O)NC(=O)NC1=O. The first-order chi connectivity index (χ1) is 7.92. The zero-order valence-corrected chi connectivity index (χ0v) is 10.4. The van der Waals surface area contributed by atoms with Gasteiger partial charge in [0.15, 0.2) is 0 Å². The number of barbiturate groups is 1. The molecule has 17 heavy (non-hydrogen) atoms. The van der Waals surface area contributed by atoms with Crippen LogP contribution in [0.2, 0.25) is 0 Å². The summed E-state index contributed by atoms with van der Waals surface area (Å²) in [5.74, 6) is -1.12. The van der Waals surface area contributed by atoms with Gasteiger partial charge in [0.1, 0.15) is 5.41 Å². The van der Waals surface area contributed by atoms with Gasteiger partial charge in [-0.05, 0) is 20.3 Å². The molecule has 1 aliphatic heterocycles. The Morgan fingerprint density at radius 1 is 1.24 bits per heavy atom. The second kappa shape index (κ2) is 5.12. The Hall–Kier alpha value is -1.65. The molecular weight excluding hydrogens is 220 g/mol. The summed E-state index contributed by atoms with van der Waals surface area (Å²) in [4.78, 5) is 34.5. The quantitative estimate of drug-likeness (QED) is 0.442. The lowest BCUT2D eigenvalue weighted by Crippen LogP contribution is -2.61. The molecule has 1 heterocycles. The Bertz CT molecular complexity index is 365. The number of carbonyl (C=O) groups is 3. The lowest BCUT2D eigenvalue weighted by Gasteiger charge is -2.31. The molecule has 0 aliphatic carbocycles. The predicted molar refractivity (Wildman–Crippen MR) is 63.1 cm³/mol. The summed E-state index contributed by atoms with van der Waals surface area (Å²) >= 11 is 0. The van der Waals surface area contributed by atoms with Crippen LogP contribution in [-0.4, -0.2) is 17.8 Å². The molecule has 0 saturated carbocycles. The van der Waals surface area contributed by atoms with Crippen molar-refractivity contribution in [2.24, 2.45) is 5.41 Å². The average molecular weight is 238 g/mol. The van der Waals surface area contributed by atoms with Crippen molar-refractivity contribution in [3.8, 4) is 0 Å². The van der Waals surface area contributed by atoms with Crippen molar-refractivity contribution in [1.82, 2.24) is 10.6 Å². The van der Waals surface area contributed by atoms with Gasteiger partial charge < -0.3 is 0 Å². The van der Waals surface area contributed by atoms with Gasteiger partial charge in [-0.15, -0.1) is 0 Å². The fraction of sp³-hybridized carbons (Fsp3) is 0.583. The van der Waals surface area contributed by atoms with Crippen molar-refractivity contribution in [3.05, 3.63) is 11.6 Å². The van der Waals surface area contributed by atoms with Crippen molar-refractivity contribution in [2.75, 3.05) is 0 Å². The maximum absolute atomic E-state index is 11.8. The van der Waals surface area contributed by atoms with Crippen molar-refractivity contribution in [3.63, 3.8) is 0 Å². The van der Waals surface area contributed by atoms with Gasteiger partial charge in [0, 0.05) is 0 Å². The minimum atomic E-state index is -1.28. The molecule has 1 fully saturated rings. The van der Waals surface area contributed by atoms with Gasteiger partial charge in [0.05, 0.1) is 0 Å². The number of urea groups is 1. The molecule has 4 amide bonds. The predicted octanol–water partition coefficient (Wildman–Crippen LogP) is 1.50. The standard InChI is InChI=1S/C12H18N2O3/c1-4-5-6-7-8(2)12(3)9(15)13-11(17)14-10(12)16/h7H,4-6H2,1-3H3,(H2,13,14,15,16,17)/b8-7+. The van der Waals surface area contributed by atoms with E-state index in [0.29, 0.717) is 5.57 Å². The van der Waals surface area contributed by atoms with Gasteiger partial charge in [0.25, 0.3) is 0 Å². The molecule has 1 rings (SSSR count). The molecular formula is C12H18N2O3. The minimum absolute atomic E-state index is 0.559. The zero-order chi connectivity index (χ0) is 13.1. The fourth-order valence-electron chi connectivity index (χ4n) is 1.68. The second-order valence-electron chi connectivity index (χ2n) is 4.39. The Morgan fingerprint density at radius 2 is 1.76 bits per heavy atom. The number of unbranched alkanes of at least 4 members (excludes halogenated alkanes) is 2. The molecule has 2 N–H and O–H groups in total. The Labute approximate surface area is 101 Å². The highest BCUT2D eigenvalue weighted by atomic mass is 16.2. The third-order valence-corrected chi connectivity index (χ3v) is 3.16. The molecule has 0 atom stereocenters. The molecule has 1 aliphatic rings. The van der Waals surface area contributed by atoms with Gasteiger partial charge in [-0.25, -0.2) is 4.79 Å². The largest absolute Gasteiger partial charge is 0.328 e. The van der Waals surface area contributed by atoms with Crippen LogP contribution in [0.5, 0.6) is 0 Å². The van der Waals surface area contributed by atoms with E-state index in [9.17, 15) is 14.4 Å². The van der Waals surface area contributed by atoms with Gasteiger partial charge in [-0.1, -0.05) is 31.4 Å². The van der Waals surface area contributed by atoms with Crippen LogP contribution in [0.1, 0.15) is 40.0 Å². The topological polar surface area (TPSA) is 75.3 Å². The van der Waals surface area contributed by atoms with E-state index in [0.717, 1.165) is 19.3 Å². The van der Waals surface area contributed by atoms with Crippen LogP contribution in [0.15, 0.2) is 11.6 Å². The van der Waals surface area contributed by atoms with Crippen molar-refractivity contribution >= 4 is 17.8 Å². The maximum atomic E-state index is 11.8. The number of imide groups is 2. The number of amides is 4. The lowest BCUT2D eigenvalue weighted by atomic mass is 9.79. The summed E-state index contributed by atoms with van der Waals surface area (Å²) in [6, 6.07) is -0.751. The van der Waals surface area contributed by atoms with Crippen molar-refractivity contribution in [1.29, 1.82) is 0 Å². The summed E-state index contributed by atoms with van der Waals surface area (Å²) < 4.78 is 0. The molecule has 5 nitrogen and oxygen atoms in total. The summed E-state index contributed by atoms with van der Waals surface area (Å²) in [6.07, 6.45) is 4.78. The summed E-state index contributed by atoms with van der Waals surface area (Å²) in [7, 11) is 0. The third-order valence-electron chi connectivity index (χ3n) is 3.16. The third kappa shape index (κ3) is 2.54. The number of nitrogens with one attached hydrogen (secondary N) is 2. The number of carbonyl (C=O) groups excluding carboxylic acids is 3. The first kappa shape index (κ1) is 13.4. The summed E-state index contributed by atoms with van der Waals surface area (Å²) in [5.41, 5.74) is -0.602. The van der Waals surface area contributed by atoms with Crippen LogP contribution in [0, 0.1) is 5.41 Å². The minimum Gasteiger partial charge on any atom is -0.277 e. The van der Waals surface area contributed by atoms with Crippen LogP contribution in [-0.2, 0) is 9.59 Å². The molecule has 0 aromatic carbocycles. The van der Waals surface area contributed by atoms with Gasteiger partial charge >= 0.3 is 6.03 Å². The highest BCUT2D eigenvalue weighted by molar-refractivity contribution is 6.20. The van der Waals surface area contributed by atoms with E-state index < -0.39 is 23.3 Å². The molecule has 0 spiro atoms. The normalized spacial score (nSPS) is 19.9. The molecule has 0 radical (unpaired) electrons. The summed E-state index contributed by atoms with van der Waals surface area (Å²) in [5, 5.41) is 4.24. The molecule has 1 saturated heterocycles. The van der Waals surface area contributed by atoms with E-state index in [1.165, 1.54) is 6.92 Å². The average Bonchev–Trinajstić information content (AvgIpc) is 2.25. The number of hydrogen-bond donors (Lipinski definition) is 2. The Balaban J connectivity index is 2.91. The first-order valence-corrected chi connectivity index (χ1v) is 5.77. The van der Waals surface area contributed by atoms with E-state index >= 15 is 0 Å². The molecule has 0 bridgehead atoms. The molecule has 5 heteroatoms. The Kier molecular flexibility index (Phi) is 4.04. The lowest BCUT2D eigenvalue weighted by molar-refractivity contribution is -0.140.